The van der Waals surface area contributed by atoms with Gasteiger partial charge in [-0.1, -0.05) is 42.5 Å². The van der Waals surface area contributed by atoms with Crippen molar-refractivity contribution in [3.8, 4) is 5.75 Å². The zero-order chi connectivity index (χ0) is 27.6. The first-order valence-electron chi connectivity index (χ1n) is 14.2. The van der Waals surface area contributed by atoms with Crippen LogP contribution >= 0.6 is 0 Å². The Morgan fingerprint density at radius 1 is 0.850 bits per heavy atom. The van der Waals surface area contributed by atoms with Gasteiger partial charge in [0.2, 0.25) is 0 Å². The Hall–Kier alpha value is -4.09. The summed E-state index contributed by atoms with van der Waals surface area (Å²) in [5, 5.41) is 3.78. The topological polar surface area (TPSA) is 48.6 Å². The first kappa shape index (κ1) is 26.1. The summed E-state index contributed by atoms with van der Waals surface area (Å²) in [4.78, 5) is 21.3. The van der Waals surface area contributed by atoms with Crippen molar-refractivity contribution in [2.75, 3.05) is 39.8 Å². The predicted molar refractivity (Wildman–Crippen MR) is 164 cm³/mol. The number of amides is 1. The Bertz CT molecular complexity index is 1680. The molecule has 1 aliphatic rings. The van der Waals surface area contributed by atoms with E-state index in [1.807, 2.05) is 23.1 Å². The highest BCUT2D eigenvalue weighted by Gasteiger charge is 2.22. The number of ether oxygens (including phenoxy) is 1. The van der Waals surface area contributed by atoms with Crippen LogP contribution in [0.2, 0.25) is 0 Å². The van der Waals surface area contributed by atoms with E-state index >= 15 is 0 Å². The Balaban J connectivity index is 1.06. The molecule has 1 fully saturated rings. The first-order chi connectivity index (χ1) is 19.5. The molecule has 0 saturated carbocycles. The highest BCUT2D eigenvalue weighted by atomic mass is 16.5. The molecule has 6 rings (SSSR count). The van der Waals surface area contributed by atoms with E-state index in [9.17, 15) is 4.79 Å². The molecule has 0 unspecified atom stereocenters. The largest absolute Gasteiger partial charge is 0.497 e. The van der Waals surface area contributed by atoms with Crippen molar-refractivity contribution in [2.45, 2.75) is 26.7 Å². The van der Waals surface area contributed by atoms with E-state index in [2.05, 4.69) is 84.4 Å². The number of benzene rings is 4. The summed E-state index contributed by atoms with van der Waals surface area (Å²) in [6.45, 7) is 8.58. The Kier molecular flexibility index (Phi) is 7.31. The fourth-order valence-electron chi connectivity index (χ4n) is 5.97. The lowest BCUT2D eigenvalue weighted by Crippen LogP contribution is -2.49. The van der Waals surface area contributed by atoms with Gasteiger partial charge in [-0.25, -0.2) is 0 Å². The van der Waals surface area contributed by atoms with Gasteiger partial charge in [-0.05, 0) is 96.1 Å². The molecule has 0 radical (unpaired) electrons. The average molecular weight is 532 g/mol. The molecule has 2 heterocycles. The van der Waals surface area contributed by atoms with Crippen LogP contribution in [-0.2, 0) is 12.8 Å². The molecule has 5 heteroatoms. The molecule has 1 saturated heterocycles. The minimum Gasteiger partial charge on any atom is -0.497 e. The lowest BCUT2D eigenvalue weighted by Gasteiger charge is -2.35. The molecular weight excluding hydrogens is 494 g/mol. The fraction of sp³-hybridized carbons (Fsp3) is 0.286. The Labute approximate surface area is 236 Å². The molecule has 0 atom stereocenters. The summed E-state index contributed by atoms with van der Waals surface area (Å²) in [6, 6.07) is 27.6. The van der Waals surface area contributed by atoms with Gasteiger partial charge in [0.1, 0.15) is 5.75 Å². The van der Waals surface area contributed by atoms with Crippen LogP contribution in [0.15, 0.2) is 78.9 Å². The fourth-order valence-corrected chi connectivity index (χ4v) is 5.97. The van der Waals surface area contributed by atoms with Crippen molar-refractivity contribution in [2.24, 2.45) is 0 Å². The number of hydrogen-bond donors (Lipinski definition) is 1. The number of carbonyl (C=O) groups excluding carboxylic acids is 1. The second-order valence-electron chi connectivity index (χ2n) is 11.0. The summed E-state index contributed by atoms with van der Waals surface area (Å²) in [5.74, 6) is 1.03. The molecule has 0 aliphatic carbocycles. The van der Waals surface area contributed by atoms with E-state index in [1.165, 1.54) is 49.6 Å². The molecule has 4 aromatic carbocycles. The predicted octanol–water partition coefficient (Wildman–Crippen LogP) is 6.54. The van der Waals surface area contributed by atoms with Gasteiger partial charge < -0.3 is 14.6 Å². The monoisotopic (exact) mass is 531 g/mol. The van der Waals surface area contributed by atoms with E-state index in [0.29, 0.717) is 0 Å². The summed E-state index contributed by atoms with van der Waals surface area (Å²) < 4.78 is 5.45. The normalized spacial score (nSPS) is 14.2. The Morgan fingerprint density at radius 2 is 1.65 bits per heavy atom. The quantitative estimate of drug-likeness (QED) is 0.260. The number of nitrogens with zero attached hydrogens (tertiary/aromatic N) is 2. The number of aryl methyl sites for hydroxylation is 2. The van der Waals surface area contributed by atoms with E-state index in [1.54, 1.807) is 7.11 Å². The van der Waals surface area contributed by atoms with Crippen molar-refractivity contribution < 1.29 is 9.53 Å². The third-order valence-electron chi connectivity index (χ3n) is 8.49. The minimum atomic E-state index is 0.134. The minimum absolute atomic E-state index is 0.134. The lowest BCUT2D eigenvalue weighted by atomic mass is 10.00. The van der Waals surface area contributed by atoms with Crippen molar-refractivity contribution in [1.29, 1.82) is 0 Å². The van der Waals surface area contributed by atoms with E-state index < -0.39 is 0 Å². The maximum atomic E-state index is 13.4. The maximum absolute atomic E-state index is 13.4. The molecule has 5 nitrogen and oxygen atoms in total. The molecule has 1 aromatic heterocycles. The summed E-state index contributed by atoms with van der Waals surface area (Å²) in [7, 11) is 1.71. The van der Waals surface area contributed by atoms with Crippen LogP contribution in [0, 0.1) is 13.8 Å². The molecule has 40 heavy (non-hydrogen) atoms. The van der Waals surface area contributed by atoms with Gasteiger partial charge in [0, 0.05) is 54.9 Å². The molecule has 0 bridgehead atoms. The van der Waals surface area contributed by atoms with Gasteiger partial charge >= 0.3 is 0 Å². The highest BCUT2D eigenvalue weighted by molar-refractivity contribution is 5.94. The number of carbonyl (C=O) groups is 1. The van der Waals surface area contributed by atoms with Crippen molar-refractivity contribution in [3.63, 3.8) is 0 Å². The molecule has 1 amide bonds. The third kappa shape index (κ3) is 5.34. The summed E-state index contributed by atoms with van der Waals surface area (Å²) in [5.41, 5.74) is 8.25. The number of piperazine rings is 1. The molecule has 1 aliphatic heterocycles. The van der Waals surface area contributed by atoms with Gasteiger partial charge in [0.15, 0.2) is 0 Å². The van der Waals surface area contributed by atoms with Crippen LogP contribution in [0.4, 0.5) is 0 Å². The number of hydrogen-bond acceptors (Lipinski definition) is 3. The first-order valence-corrected chi connectivity index (χ1v) is 14.2. The van der Waals surface area contributed by atoms with Gasteiger partial charge in [0.25, 0.3) is 5.91 Å². The zero-order valence-electron chi connectivity index (χ0n) is 23.7. The van der Waals surface area contributed by atoms with Crippen molar-refractivity contribution in [3.05, 3.63) is 112 Å². The second kappa shape index (κ2) is 11.2. The zero-order valence-corrected chi connectivity index (χ0v) is 23.7. The smallest absolute Gasteiger partial charge is 0.253 e. The van der Waals surface area contributed by atoms with Crippen LogP contribution < -0.4 is 4.74 Å². The van der Waals surface area contributed by atoms with Gasteiger partial charge in [-0.15, -0.1) is 0 Å². The number of methoxy groups -OCH3 is 1. The van der Waals surface area contributed by atoms with Crippen molar-refractivity contribution in [1.82, 2.24) is 14.8 Å². The van der Waals surface area contributed by atoms with Gasteiger partial charge in [-0.3, -0.25) is 9.69 Å². The van der Waals surface area contributed by atoms with E-state index in [4.69, 9.17) is 4.74 Å². The maximum Gasteiger partial charge on any atom is 0.253 e. The SMILES string of the molecule is COc1ccc2cccc(CCN3CCN(C(=O)c4cccc(Cc5ccc6[nH]c(C)c(C)c6c5)c4)CC3)c2c1. The molecule has 0 spiro atoms. The second-order valence-corrected chi connectivity index (χ2v) is 11.0. The third-order valence-corrected chi connectivity index (χ3v) is 8.49. The standard InChI is InChI=1S/C35H37N3O2/c1-24-25(2)36-34-13-10-27(22-32(24)34)20-26-6-4-9-30(21-26)35(39)38-18-16-37(17-19-38)15-14-29-8-5-7-28-11-12-31(40-3)23-33(28)29/h4-13,21-23,36H,14-20H2,1-3H3. The Morgan fingerprint density at radius 3 is 2.48 bits per heavy atom. The summed E-state index contributed by atoms with van der Waals surface area (Å²) in [6.07, 6.45) is 1.79. The van der Waals surface area contributed by atoms with Crippen LogP contribution in [0.1, 0.15) is 38.3 Å². The van der Waals surface area contributed by atoms with Gasteiger partial charge in [0.05, 0.1) is 7.11 Å². The highest BCUT2D eigenvalue weighted by Crippen LogP contribution is 2.26. The number of fused-ring (bicyclic) bond motifs is 2. The number of nitrogens with one attached hydrogen (secondary N) is 1. The van der Waals surface area contributed by atoms with Crippen LogP contribution in [0.3, 0.4) is 0 Å². The number of H-pyrrole nitrogens is 1. The van der Waals surface area contributed by atoms with Crippen LogP contribution in [-0.4, -0.2) is 60.5 Å². The number of rotatable bonds is 7. The van der Waals surface area contributed by atoms with Crippen LogP contribution in [0.5, 0.6) is 5.75 Å². The van der Waals surface area contributed by atoms with Gasteiger partial charge in [-0.2, -0.15) is 0 Å². The van der Waals surface area contributed by atoms with E-state index in [0.717, 1.165) is 56.9 Å². The number of aromatic amines is 1. The van der Waals surface area contributed by atoms with Crippen molar-refractivity contribution >= 4 is 27.6 Å². The molecule has 5 aromatic rings. The molecular formula is C35H37N3O2. The summed E-state index contributed by atoms with van der Waals surface area (Å²) >= 11 is 0. The van der Waals surface area contributed by atoms with E-state index in [-0.39, 0.29) is 5.91 Å². The average Bonchev–Trinajstić information content (AvgIpc) is 3.28. The molecule has 204 valence electrons. The molecule has 1 N–H and O–H groups in total. The van der Waals surface area contributed by atoms with Crippen LogP contribution in [0.25, 0.3) is 21.7 Å². The number of aromatic nitrogens is 1. The lowest BCUT2D eigenvalue weighted by molar-refractivity contribution is 0.0638.